The minimum atomic E-state index is -1.24. The van der Waals surface area contributed by atoms with E-state index in [0.29, 0.717) is 0 Å². The van der Waals surface area contributed by atoms with E-state index in [4.69, 9.17) is 9.84 Å². The SMILES string of the molecule is Cc1cc(-c2ccccc2)cc(CNc2c(F)ccc(OCC(=O)O)c2F)c1C. The summed E-state index contributed by atoms with van der Waals surface area (Å²) in [5.41, 5.74) is 4.72. The van der Waals surface area contributed by atoms with Crippen LogP contribution in [0.25, 0.3) is 11.1 Å². The Labute approximate surface area is 167 Å². The molecule has 0 spiro atoms. The molecule has 6 heteroatoms. The van der Waals surface area contributed by atoms with Gasteiger partial charge in [-0.15, -0.1) is 0 Å². The molecule has 0 aliphatic carbocycles. The van der Waals surface area contributed by atoms with Gasteiger partial charge in [0, 0.05) is 6.54 Å². The van der Waals surface area contributed by atoms with Crippen LogP contribution in [0.3, 0.4) is 0 Å². The first-order valence-corrected chi connectivity index (χ1v) is 9.09. The summed E-state index contributed by atoms with van der Waals surface area (Å²) in [4.78, 5) is 10.6. The van der Waals surface area contributed by atoms with Gasteiger partial charge in [-0.2, -0.15) is 0 Å². The fourth-order valence-electron chi connectivity index (χ4n) is 3.04. The number of carboxylic acid groups (broad SMARTS) is 1. The van der Waals surface area contributed by atoms with Crippen molar-refractivity contribution in [2.24, 2.45) is 0 Å². The number of hydrogen-bond acceptors (Lipinski definition) is 3. The maximum Gasteiger partial charge on any atom is 0.341 e. The van der Waals surface area contributed by atoms with Gasteiger partial charge in [-0.25, -0.2) is 13.6 Å². The van der Waals surface area contributed by atoms with Crippen LogP contribution < -0.4 is 10.1 Å². The molecule has 0 unspecified atom stereocenters. The van der Waals surface area contributed by atoms with E-state index in [-0.39, 0.29) is 18.0 Å². The Bertz CT molecular complexity index is 1040. The number of aliphatic carboxylic acids is 1. The number of halogens is 2. The van der Waals surface area contributed by atoms with Crippen LogP contribution in [0.5, 0.6) is 5.75 Å². The maximum absolute atomic E-state index is 14.6. The Morgan fingerprint density at radius 1 is 1.03 bits per heavy atom. The standard InChI is InChI=1S/C23H21F2NO3/c1-14-10-17(16-6-4-3-5-7-16)11-18(15(14)2)12-26-23-19(24)8-9-20(22(23)25)29-13-21(27)28/h3-11,26H,12-13H2,1-2H3,(H,27,28). The molecule has 150 valence electrons. The van der Waals surface area contributed by atoms with E-state index in [1.165, 1.54) is 0 Å². The molecule has 0 saturated heterocycles. The topological polar surface area (TPSA) is 58.6 Å². The molecule has 29 heavy (non-hydrogen) atoms. The molecule has 0 heterocycles. The van der Waals surface area contributed by atoms with E-state index in [2.05, 4.69) is 11.4 Å². The van der Waals surface area contributed by atoms with Crippen molar-refractivity contribution in [3.63, 3.8) is 0 Å². The van der Waals surface area contributed by atoms with Gasteiger partial charge in [0.15, 0.2) is 18.2 Å². The highest BCUT2D eigenvalue weighted by atomic mass is 19.1. The average molecular weight is 397 g/mol. The van der Waals surface area contributed by atoms with Gasteiger partial charge < -0.3 is 15.2 Å². The zero-order valence-corrected chi connectivity index (χ0v) is 16.1. The molecule has 0 fully saturated rings. The van der Waals surface area contributed by atoms with Crippen LogP contribution in [-0.4, -0.2) is 17.7 Å². The molecule has 3 aromatic carbocycles. The number of rotatable bonds is 7. The molecule has 0 aromatic heterocycles. The molecular formula is C23H21F2NO3. The Balaban J connectivity index is 1.87. The number of hydrogen-bond donors (Lipinski definition) is 2. The van der Waals surface area contributed by atoms with Crippen LogP contribution in [0.4, 0.5) is 14.5 Å². The molecular weight excluding hydrogens is 376 g/mol. The molecule has 0 aliphatic rings. The fourth-order valence-corrected chi connectivity index (χ4v) is 3.04. The van der Waals surface area contributed by atoms with Crippen molar-refractivity contribution in [3.05, 3.63) is 82.9 Å². The molecule has 2 N–H and O–H groups in total. The van der Waals surface area contributed by atoms with Gasteiger partial charge in [0.25, 0.3) is 0 Å². The van der Waals surface area contributed by atoms with E-state index in [0.717, 1.165) is 39.9 Å². The second-order valence-electron chi connectivity index (χ2n) is 6.71. The second-order valence-corrected chi connectivity index (χ2v) is 6.71. The molecule has 0 amide bonds. The van der Waals surface area contributed by atoms with Crippen LogP contribution >= 0.6 is 0 Å². The summed E-state index contributed by atoms with van der Waals surface area (Å²) < 4.78 is 33.7. The van der Waals surface area contributed by atoms with E-state index in [1.807, 2.05) is 50.2 Å². The van der Waals surface area contributed by atoms with Gasteiger partial charge >= 0.3 is 5.97 Å². The third-order valence-electron chi connectivity index (χ3n) is 4.74. The summed E-state index contributed by atoms with van der Waals surface area (Å²) in [7, 11) is 0. The molecule has 0 aliphatic heterocycles. The Kier molecular flexibility index (Phi) is 6.12. The lowest BCUT2D eigenvalue weighted by Gasteiger charge is -2.16. The predicted octanol–water partition coefficient (Wildman–Crippen LogP) is 5.32. The zero-order chi connectivity index (χ0) is 21.0. The summed E-state index contributed by atoms with van der Waals surface area (Å²) in [6.45, 7) is 3.44. The van der Waals surface area contributed by atoms with Gasteiger partial charge in [0.05, 0.1) is 0 Å². The lowest BCUT2D eigenvalue weighted by Crippen LogP contribution is -2.12. The number of nitrogens with one attached hydrogen (secondary N) is 1. The fraction of sp³-hybridized carbons (Fsp3) is 0.174. The first kappa shape index (κ1) is 20.3. The van der Waals surface area contributed by atoms with E-state index in [1.54, 1.807) is 0 Å². The predicted molar refractivity (Wildman–Crippen MR) is 108 cm³/mol. The highest BCUT2D eigenvalue weighted by Gasteiger charge is 2.16. The van der Waals surface area contributed by atoms with Crippen molar-refractivity contribution in [1.82, 2.24) is 0 Å². The van der Waals surface area contributed by atoms with Crippen LogP contribution in [0.2, 0.25) is 0 Å². The minimum Gasteiger partial charge on any atom is -0.479 e. The zero-order valence-electron chi connectivity index (χ0n) is 16.1. The Hall–Kier alpha value is -3.41. The molecule has 0 bridgehead atoms. The monoisotopic (exact) mass is 397 g/mol. The van der Waals surface area contributed by atoms with Crippen molar-refractivity contribution < 1.29 is 23.4 Å². The Morgan fingerprint density at radius 3 is 2.45 bits per heavy atom. The summed E-state index contributed by atoms with van der Waals surface area (Å²) in [5, 5.41) is 11.5. The van der Waals surface area contributed by atoms with Gasteiger partial charge in [0.1, 0.15) is 11.5 Å². The van der Waals surface area contributed by atoms with Crippen LogP contribution in [0, 0.1) is 25.5 Å². The molecule has 4 nitrogen and oxygen atoms in total. The van der Waals surface area contributed by atoms with E-state index in [9.17, 15) is 13.6 Å². The molecule has 3 aromatic rings. The largest absolute Gasteiger partial charge is 0.479 e. The average Bonchev–Trinajstić information content (AvgIpc) is 2.70. The maximum atomic E-state index is 14.6. The van der Waals surface area contributed by atoms with Crippen molar-refractivity contribution in [2.75, 3.05) is 11.9 Å². The van der Waals surface area contributed by atoms with Crippen LogP contribution in [-0.2, 0) is 11.3 Å². The number of anilines is 1. The first-order valence-electron chi connectivity index (χ1n) is 9.09. The first-order chi connectivity index (χ1) is 13.9. The molecule has 0 atom stereocenters. The minimum absolute atomic E-state index is 0.198. The summed E-state index contributed by atoms with van der Waals surface area (Å²) in [6, 6.07) is 16.0. The number of carbonyl (C=O) groups is 1. The van der Waals surface area contributed by atoms with E-state index < -0.39 is 24.2 Å². The normalized spacial score (nSPS) is 10.6. The Morgan fingerprint density at radius 2 is 1.76 bits per heavy atom. The number of benzene rings is 3. The van der Waals surface area contributed by atoms with E-state index >= 15 is 0 Å². The number of aryl methyl sites for hydroxylation is 1. The van der Waals surface area contributed by atoms with Crippen molar-refractivity contribution in [1.29, 1.82) is 0 Å². The van der Waals surface area contributed by atoms with Gasteiger partial charge in [0.2, 0.25) is 0 Å². The third-order valence-corrected chi connectivity index (χ3v) is 4.74. The van der Waals surface area contributed by atoms with Crippen molar-refractivity contribution in [2.45, 2.75) is 20.4 Å². The van der Waals surface area contributed by atoms with Crippen LogP contribution in [0.1, 0.15) is 16.7 Å². The quantitative estimate of drug-likeness (QED) is 0.566. The number of carboxylic acids is 1. The van der Waals surface area contributed by atoms with Gasteiger partial charge in [-0.1, -0.05) is 36.4 Å². The lowest BCUT2D eigenvalue weighted by atomic mass is 9.95. The second kappa shape index (κ2) is 8.73. The molecule has 0 saturated carbocycles. The molecule has 3 rings (SSSR count). The number of ether oxygens (including phenoxy) is 1. The van der Waals surface area contributed by atoms with Crippen LogP contribution in [0.15, 0.2) is 54.6 Å². The lowest BCUT2D eigenvalue weighted by molar-refractivity contribution is -0.139. The summed E-state index contributed by atoms with van der Waals surface area (Å²) in [5.74, 6) is -3.30. The van der Waals surface area contributed by atoms with Gasteiger partial charge in [-0.05, 0) is 59.9 Å². The van der Waals surface area contributed by atoms with Crippen molar-refractivity contribution in [3.8, 4) is 16.9 Å². The smallest absolute Gasteiger partial charge is 0.341 e. The molecule has 0 radical (unpaired) electrons. The third kappa shape index (κ3) is 4.71. The summed E-state index contributed by atoms with van der Waals surface area (Å²) >= 11 is 0. The highest BCUT2D eigenvalue weighted by molar-refractivity contribution is 5.69. The highest BCUT2D eigenvalue weighted by Crippen LogP contribution is 2.30. The van der Waals surface area contributed by atoms with Crippen molar-refractivity contribution >= 4 is 11.7 Å². The van der Waals surface area contributed by atoms with Gasteiger partial charge in [-0.3, -0.25) is 0 Å². The summed E-state index contributed by atoms with van der Waals surface area (Å²) in [6.07, 6.45) is 0.